The first-order chi connectivity index (χ1) is 8.41. The molecule has 2 aromatic heterocycles. The molecule has 3 nitrogen and oxygen atoms in total. The van der Waals surface area contributed by atoms with E-state index in [4.69, 9.17) is 0 Å². The lowest BCUT2D eigenvalue weighted by molar-refractivity contribution is 0.737. The third kappa shape index (κ3) is 5.00. The van der Waals surface area contributed by atoms with Crippen molar-refractivity contribution in [1.82, 2.24) is 8.94 Å². The molecule has 0 atom stereocenters. The van der Waals surface area contributed by atoms with Gasteiger partial charge in [0.05, 0.1) is 10.4 Å². The number of rotatable bonds is 0. The van der Waals surface area contributed by atoms with Crippen molar-refractivity contribution in [1.29, 1.82) is 0 Å². The van der Waals surface area contributed by atoms with Crippen LogP contribution in [0.25, 0.3) is 10.1 Å². The van der Waals surface area contributed by atoms with Crippen molar-refractivity contribution in [3.8, 4) is 0 Å². The molecule has 0 aliphatic carbocycles. The van der Waals surface area contributed by atoms with Crippen molar-refractivity contribution < 1.29 is 0 Å². The monoisotopic (exact) mass is 268 g/mol. The van der Waals surface area contributed by atoms with Crippen LogP contribution in [0.4, 0.5) is 0 Å². The molecule has 0 aliphatic rings. The van der Waals surface area contributed by atoms with E-state index in [0.29, 0.717) is 0 Å². The average Bonchev–Trinajstić information content (AvgIpc) is 2.64. The van der Waals surface area contributed by atoms with E-state index >= 15 is 0 Å². The summed E-state index contributed by atoms with van der Waals surface area (Å²) in [6.07, 6.45) is 1.83. The maximum Gasteiger partial charge on any atom is 0.251 e. The second-order valence-corrected chi connectivity index (χ2v) is 5.31. The molecular formula is C14H24N2OS. The highest BCUT2D eigenvalue weighted by Crippen LogP contribution is 2.18. The zero-order valence-electron chi connectivity index (χ0n) is 12.4. The Morgan fingerprint density at radius 2 is 1.78 bits per heavy atom. The predicted molar refractivity (Wildman–Crippen MR) is 81.5 cm³/mol. The van der Waals surface area contributed by atoms with Gasteiger partial charge in [-0.1, -0.05) is 34.6 Å². The van der Waals surface area contributed by atoms with Gasteiger partial charge >= 0.3 is 0 Å². The first kappa shape index (κ1) is 16.8. The molecular weight excluding hydrogens is 244 g/mol. The van der Waals surface area contributed by atoms with Gasteiger partial charge in [0, 0.05) is 24.7 Å². The van der Waals surface area contributed by atoms with Gasteiger partial charge in [-0.2, -0.15) is 4.37 Å². The highest BCUT2D eigenvalue weighted by molar-refractivity contribution is 7.13. The fraction of sp³-hybridized carbons (Fsp3) is 0.571. The lowest BCUT2D eigenvalue weighted by atomic mass is 10.3. The summed E-state index contributed by atoms with van der Waals surface area (Å²) in [6, 6.07) is 1.62. The van der Waals surface area contributed by atoms with Crippen molar-refractivity contribution in [2.75, 3.05) is 0 Å². The van der Waals surface area contributed by atoms with Crippen LogP contribution in [0.2, 0.25) is 0 Å². The zero-order chi connectivity index (χ0) is 14.3. The van der Waals surface area contributed by atoms with E-state index in [-0.39, 0.29) is 5.56 Å². The van der Waals surface area contributed by atoms with Gasteiger partial charge in [0.25, 0.3) is 5.56 Å². The summed E-state index contributed by atoms with van der Waals surface area (Å²) in [7, 11) is 1.75. The van der Waals surface area contributed by atoms with Gasteiger partial charge in [-0.15, -0.1) is 0 Å². The van der Waals surface area contributed by atoms with Crippen LogP contribution in [-0.4, -0.2) is 8.94 Å². The quantitative estimate of drug-likeness (QED) is 0.724. The maximum atomic E-state index is 11.2. The number of fused-ring (bicyclic) bond motifs is 1. The summed E-state index contributed by atoms with van der Waals surface area (Å²) in [5.74, 6) is 0.833. The van der Waals surface area contributed by atoms with E-state index < -0.39 is 0 Å². The maximum absolute atomic E-state index is 11.2. The molecule has 2 aromatic rings. The molecule has 0 aliphatic heterocycles. The standard InChI is InChI=1S/C8H8N2OS.C4H10.C2H6/c1-5-6-4-10(2)8(11)3-7(6)12-9-5;1-4(2)3;1-2/h3-4H,1-2H3;4H,1-3H3;1-2H3. The van der Waals surface area contributed by atoms with Gasteiger partial charge in [0.1, 0.15) is 0 Å². The van der Waals surface area contributed by atoms with Crippen LogP contribution < -0.4 is 5.56 Å². The molecule has 0 fully saturated rings. The summed E-state index contributed by atoms with van der Waals surface area (Å²) < 4.78 is 6.71. The van der Waals surface area contributed by atoms with Crippen LogP contribution in [-0.2, 0) is 7.05 Å². The van der Waals surface area contributed by atoms with Gasteiger partial charge < -0.3 is 4.57 Å². The smallest absolute Gasteiger partial charge is 0.251 e. The SMILES string of the molecule is CC.CC(C)C.Cc1nsc2cc(=O)n(C)cc12. The minimum Gasteiger partial charge on any atom is -0.318 e. The Bertz CT molecular complexity index is 523. The molecule has 0 amide bonds. The summed E-state index contributed by atoms with van der Waals surface area (Å²) in [6.45, 7) is 12.4. The third-order valence-electron chi connectivity index (χ3n) is 1.86. The van der Waals surface area contributed by atoms with Crippen LogP contribution in [0.3, 0.4) is 0 Å². The van der Waals surface area contributed by atoms with Crippen molar-refractivity contribution >= 4 is 21.6 Å². The number of hydrogen-bond acceptors (Lipinski definition) is 3. The normalized spacial score (nSPS) is 9.56. The highest BCUT2D eigenvalue weighted by atomic mass is 32.1. The lowest BCUT2D eigenvalue weighted by Crippen LogP contribution is -2.13. The summed E-state index contributed by atoms with van der Waals surface area (Å²) >= 11 is 1.37. The van der Waals surface area contributed by atoms with Gasteiger partial charge in [-0.25, -0.2) is 0 Å². The number of nitrogens with zero attached hydrogens (tertiary/aromatic N) is 2. The zero-order valence-corrected chi connectivity index (χ0v) is 13.3. The summed E-state index contributed by atoms with van der Waals surface area (Å²) in [5, 5.41) is 1.07. The predicted octanol–water partition coefficient (Wildman–Crippen LogP) is 3.99. The van der Waals surface area contributed by atoms with Crippen molar-refractivity contribution in [2.45, 2.75) is 41.5 Å². The Labute approximate surface area is 114 Å². The van der Waals surface area contributed by atoms with Crippen LogP contribution in [0.15, 0.2) is 17.1 Å². The first-order valence-electron chi connectivity index (χ1n) is 6.34. The van der Waals surface area contributed by atoms with Crippen LogP contribution in [0, 0.1) is 12.8 Å². The average molecular weight is 268 g/mol. The van der Waals surface area contributed by atoms with Crippen molar-refractivity contribution in [2.24, 2.45) is 13.0 Å². The Hall–Kier alpha value is -1.16. The molecule has 102 valence electrons. The molecule has 0 N–H and O–H groups in total. The molecule has 2 rings (SSSR count). The van der Waals surface area contributed by atoms with Gasteiger partial charge in [0.15, 0.2) is 0 Å². The van der Waals surface area contributed by atoms with E-state index in [9.17, 15) is 4.79 Å². The van der Waals surface area contributed by atoms with E-state index in [2.05, 4.69) is 25.1 Å². The number of aryl methyl sites for hydroxylation is 2. The molecule has 2 heterocycles. The fourth-order valence-electron chi connectivity index (χ4n) is 1.13. The second-order valence-electron chi connectivity index (χ2n) is 4.50. The van der Waals surface area contributed by atoms with Crippen LogP contribution in [0.5, 0.6) is 0 Å². The van der Waals surface area contributed by atoms with Gasteiger partial charge in [0.2, 0.25) is 0 Å². The third-order valence-corrected chi connectivity index (χ3v) is 2.76. The highest BCUT2D eigenvalue weighted by Gasteiger charge is 2.02. The number of aromatic nitrogens is 2. The topological polar surface area (TPSA) is 34.9 Å². The van der Waals surface area contributed by atoms with Crippen molar-refractivity contribution in [3.05, 3.63) is 28.3 Å². The Morgan fingerprint density at radius 1 is 1.28 bits per heavy atom. The van der Waals surface area contributed by atoms with E-state index in [0.717, 1.165) is 21.7 Å². The molecule has 0 saturated heterocycles. The van der Waals surface area contributed by atoms with Crippen LogP contribution in [0.1, 0.15) is 40.3 Å². The van der Waals surface area contributed by atoms with E-state index in [1.807, 2.05) is 27.0 Å². The molecule has 0 bridgehead atoms. The molecule has 0 saturated carbocycles. The number of pyridine rings is 1. The van der Waals surface area contributed by atoms with Crippen LogP contribution >= 0.6 is 11.5 Å². The molecule has 0 unspecified atom stereocenters. The minimum atomic E-state index is 0.0196. The molecule has 0 radical (unpaired) electrons. The van der Waals surface area contributed by atoms with Crippen molar-refractivity contribution in [3.63, 3.8) is 0 Å². The van der Waals surface area contributed by atoms with E-state index in [1.54, 1.807) is 17.7 Å². The molecule has 18 heavy (non-hydrogen) atoms. The van der Waals surface area contributed by atoms with Gasteiger partial charge in [-0.05, 0) is 24.4 Å². The first-order valence-corrected chi connectivity index (χ1v) is 7.11. The Balaban J connectivity index is 0.000000415. The summed E-state index contributed by atoms with van der Waals surface area (Å²) in [4.78, 5) is 11.2. The Morgan fingerprint density at radius 3 is 2.28 bits per heavy atom. The number of hydrogen-bond donors (Lipinski definition) is 0. The van der Waals surface area contributed by atoms with Gasteiger partial charge in [-0.3, -0.25) is 4.79 Å². The second kappa shape index (κ2) is 8.03. The minimum absolute atomic E-state index is 0.0196. The Kier molecular flexibility index (Phi) is 7.51. The molecule has 4 heteroatoms. The van der Waals surface area contributed by atoms with E-state index in [1.165, 1.54) is 11.5 Å². The largest absolute Gasteiger partial charge is 0.318 e. The molecule has 0 aromatic carbocycles. The molecule has 0 spiro atoms. The summed E-state index contributed by atoms with van der Waals surface area (Å²) in [5.41, 5.74) is 1.01. The lowest BCUT2D eigenvalue weighted by Gasteiger charge is -1.95. The fourth-order valence-corrected chi connectivity index (χ4v) is 1.91.